The molecule has 26 heavy (non-hydrogen) atoms. The average molecular weight is 359 g/mol. The zero-order chi connectivity index (χ0) is 18.4. The van der Waals surface area contributed by atoms with Gasteiger partial charge in [0.05, 0.1) is 12.0 Å². The van der Waals surface area contributed by atoms with Gasteiger partial charge in [0.25, 0.3) is 0 Å². The van der Waals surface area contributed by atoms with Gasteiger partial charge in [-0.1, -0.05) is 72.9 Å². The highest BCUT2D eigenvalue weighted by molar-refractivity contribution is 7.81. The second kappa shape index (κ2) is 8.45. The normalized spacial score (nSPS) is 11.1. The third-order valence-electron chi connectivity index (χ3n) is 4.17. The summed E-state index contributed by atoms with van der Waals surface area (Å²) in [7, 11) is 1.67. The number of thiocarbonyl (C=S) groups is 1. The SMILES string of the molecule is COc1ccc(NC=C(C(=S)c2ccccc2)c2ccccc2)c(C)c1. The molecule has 3 aromatic carbocycles. The van der Waals surface area contributed by atoms with Gasteiger partial charge >= 0.3 is 0 Å². The van der Waals surface area contributed by atoms with Gasteiger partial charge in [-0.25, -0.2) is 0 Å². The molecule has 0 heterocycles. The van der Waals surface area contributed by atoms with Crippen molar-refractivity contribution in [3.8, 4) is 5.75 Å². The topological polar surface area (TPSA) is 21.3 Å². The molecule has 0 spiro atoms. The molecule has 0 saturated heterocycles. The van der Waals surface area contributed by atoms with Crippen molar-refractivity contribution in [1.29, 1.82) is 0 Å². The predicted molar refractivity (Wildman–Crippen MR) is 114 cm³/mol. The highest BCUT2D eigenvalue weighted by Gasteiger charge is 2.10. The fourth-order valence-corrected chi connectivity index (χ4v) is 3.03. The van der Waals surface area contributed by atoms with Crippen molar-refractivity contribution >= 4 is 28.3 Å². The molecule has 0 fully saturated rings. The van der Waals surface area contributed by atoms with Crippen LogP contribution in [0.4, 0.5) is 5.69 Å². The van der Waals surface area contributed by atoms with Crippen LogP contribution in [0.25, 0.3) is 5.57 Å². The number of rotatable bonds is 6. The van der Waals surface area contributed by atoms with Crippen LogP contribution in [0.1, 0.15) is 16.7 Å². The van der Waals surface area contributed by atoms with Crippen molar-refractivity contribution in [2.24, 2.45) is 0 Å². The molecule has 0 amide bonds. The number of hydrogen-bond acceptors (Lipinski definition) is 3. The molecule has 0 aliphatic heterocycles. The maximum atomic E-state index is 5.78. The molecule has 3 heteroatoms. The molecule has 0 aliphatic carbocycles. The van der Waals surface area contributed by atoms with Gasteiger partial charge in [-0.3, -0.25) is 0 Å². The number of anilines is 1. The van der Waals surface area contributed by atoms with Gasteiger partial charge in [-0.05, 0) is 41.8 Å². The van der Waals surface area contributed by atoms with Gasteiger partial charge in [0, 0.05) is 17.5 Å². The Balaban J connectivity index is 1.96. The van der Waals surface area contributed by atoms with E-state index < -0.39 is 0 Å². The van der Waals surface area contributed by atoms with E-state index in [1.807, 2.05) is 72.9 Å². The lowest BCUT2D eigenvalue weighted by Gasteiger charge is -2.13. The first-order valence-electron chi connectivity index (χ1n) is 8.45. The molecular formula is C23H21NOS. The van der Waals surface area contributed by atoms with Crippen molar-refractivity contribution < 1.29 is 4.74 Å². The summed E-state index contributed by atoms with van der Waals surface area (Å²) in [5, 5.41) is 3.41. The summed E-state index contributed by atoms with van der Waals surface area (Å²) in [4.78, 5) is 0.815. The van der Waals surface area contributed by atoms with E-state index in [0.717, 1.165) is 38.6 Å². The van der Waals surface area contributed by atoms with Crippen LogP contribution in [0, 0.1) is 6.92 Å². The Morgan fingerprint density at radius 1 is 0.885 bits per heavy atom. The Morgan fingerprint density at radius 3 is 2.08 bits per heavy atom. The van der Waals surface area contributed by atoms with Gasteiger partial charge < -0.3 is 10.1 Å². The third-order valence-corrected chi connectivity index (χ3v) is 4.63. The summed E-state index contributed by atoms with van der Waals surface area (Å²) >= 11 is 5.78. The van der Waals surface area contributed by atoms with Crippen LogP contribution in [0.15, 0.2) is 85.1 Å². The number of hydrogen-bond donors (Lipinski definition) is 1. The molecule has 0 saturated carbocycles. The number of benzene rings is 3. The minimum Gasteiger partial charge on any atom is -0.497 e. The first-order chi connectivity index (χ1) is 12.7. The van der Waals surface area contributed by atoms with Crippen LogP contribution >= 0.6 is 12.2 Å². The lowest BCUT2D eigenvalue weighted by molar-refractivity contribution is 0.414. The van der Waals surface area contributed by atoms with E-state index in [1.165, 1.54) is 0 Å². The van der Waals surface area contributed by atoms with E-state index in [1.54, 1.807) is 7.11 Å². The van der Waals surface area contributed by atoms with Gasteiger partial charge in [0.1, 0.15) is 5.75 Å². The van der Waals surface area contributed by atoms with Gasteiger partial charge in [0.15, 0.2) is 0 Å². The monoisotopic (exact) mass is 359 g/mol. The van der Waals surface area contributed by atoms with Crippen molar-refractivity contribution in [1.82, 2.24) is 0 Å². The van der Waals surface area contributed by atoms with E-state index in [4.69, 9.17) is 17.0 Å². The van der Waals surface area contributed by atoms with Gasteiger partial charge in [0.2, 0.25) is 0 Å². The number of methoxy groups -OCH3 is 1. The summed E-state index contributed by atoms with van der Waals surface area (Å²) in [6, 6.07) is 26.3. The number of nitrogens with one attached hydrogen (secondary N) is 1. The van der Waals surface area contributed by atoms with Gasteiger partial charge in [-0.2, -0.15) is 0 Å². The number of ether oxygens (including phenoxy) is 1. The maximum Gasteiger partial charge on any atom is 0.119 e. The molecular weight excluding hydrogens is 338 g/mol. The van der Waals surface area contributed by atoms with Crippen LogP contribution in [0.5, 0.6) is 5.75 Å². The minimum atomic E-state index is 0.815. The van der Waals surface area contributed by atoms with E-state index in [2.05, 4.69) is 24.4 Å². The zero-order valence-corrected chi connectivity index (χ0v) is 15.7. The van der Waals surface area contributed by atoms with Crippen molar-refractivity contribution in [3.63, 3.8) is 0 Å². The summed E-state index contributed by atoms with van der Waals surface area (Å²) < 4.78 is 5.28. The predicted octanol–water partition coefficient (Wildman–Crippen LogP) is 5.87. The Kier molecular flexibility index (Phi) is 5.82. The van der Waals surface area contributed by atoms with Crippen LogP contribution in [-0.2, 0) is 0 Å². The van der Waals surface area contributed by atoms with Crippen molar-refractivity contribution in [2.45, 2.75) is 6.92 Å². The quantitative estimate of drug-likeness (QED) is 0.338. The van der Waals surface area contributed by atoms with Crippen LogP contribution in [-0.4, -0.2) is 12.0 Å². The molecule has 2 nitrogen and oxygen atoms in total. The zero-order valence-electron chi connectivity index (χ0n) is 14.9. The standard InChI is InChI=1S/C23H21NOS/c1-17-15-20(25-2)13-14-22(17)24-16-21(18-9-5-3-6-10-18)23(26)19-11-7-4-8-12-19/h3-16,24H,1-2H3. The number of allylic oxidation sites excluding steroid dienone is 1. The fraction of sp³-hybridized carbons (Fsp3) is 0.0870. The Bertz CT molecular complexity index is 917. The highest BCUT2D eigenvalue weighted by Crippen LogP contribution is 2.24. The smallest absolute Gasteiger partial charge is 0.119 e. The second-order valence-electron chi connectivity index (χ2n) is 5.94. The second-order valence-corrected chi connectivity index (χ2v) is 6.35. The molecule has 1 N–H and O–H groups in total. The molecule has 0 bridgehead atoms. The van der Waals surface area contributed by atoms with E-state index >= 15 is 0 Å². The average Bonchev–Trinajstić information content (AvgIpc) is 2.70. The first-order valence-corrected chi connectivity index (χ1v) is 8.86. The molecule has 0 aliphatic rings. The van der Waals surface area contributed by atoms with E-state index in [9.17, 15) is 0 Å². The molecule has 0 unspecified atom stereocenters. The maximum absolute atomic E-state index is 5.78. The fourth-order valence-electron chi connectivity index (χ4n) is 2.72. The molecule has 0 aromatic heterocycles. The van der Waals surface area contributed by atoms with Crippen LogP contribution < -0.4 is 10.1 Å². The first kappa shape index (κ1) is 17.9. The molecule has 130 valence electrons. The minimum absolute atomic E-state index is 0.815. The summed E-state index contributed by atoms with van der Waals surface area (Å²) in [5.74, 6) is 0.847. The third kappa shape index (κ3) is 4.19. The summed E-state index contributed by atoms with van der Waals surface area (Å²) in [6.07, 6.45) is 1.99. The van der Waals surface area contributed by atoms with Gasteiger partial charge in [-0.15, -0.1) is 0 Å². The van der Waals surface area contributed by atoms with Crippen molar-refractivity contribution in [3.05, 3.63) is 102 Å². The van der Waals surface area contributed by atoms with E-state index in [-0.39, 0.29) is 0 Å². The lowest BCUT2D eigenvalue weighted by atomic mass is 9.98. The molecule has 0 radical (unpaired) electrons. The van der Waals surface area contributed by atoms with E-state index in [0.29, 0.717) is 0 Å². The van der Waals surface area contributed by atoms with Crippen molar-refractivity contribution in [2.75, 3.05) is 12.4 Å². The Morgan fingerprint density at radius 2 is 1.50 bits per heavy atom. The molecule has 0 atom stereocenters. The molecule has 3 rings (SSSR count). The summed E-state index contributed by atoms with van der Waals surface area (Å²) in [5.41, 5.74) is 5.24. The largest absolute Gasteiger partial charge is 0.497 e. The molecule has 3 aromatic rings. The highest BCUT2D eigenvalue weighted by atomic mass is 32.1. The van der Waals surface area contributed by atoms with Crippen LogP contribution in [0.3, 0.4) is 0 Å². The number of aryl methyl sites for hydroxylation is 1. The lowest BCUT2D eigenvalue weighted by Crippen LogP contribution is -2.04. The Hall–Kier alpha value is -2.91. The summed E-state index contributed by atoms with van der Waals surface area (Å²) in [6.45, 7) is 2.05. The Labute approximate surface area is 160 Å². The van der Waals surface area contributed by atoms with Crippen LogP contribution in [0.2, 0.25) is 0 Å².